The van der Waals surface area contributed by atoms with Crippen LogP contribution in [0.1, 0.15) is 18.9 Å². The molecule has 1 aromatic carbocycles. The SMILES string of the molecule is Cc1ccc(F)cc1NC(=O)NCCC(C)C(=O)O. The average molecular weight is 268 g/mol. The number of hydrogen-bond acceptors (Lipinski definition) is 2. The molecule has 1 rings (SSSR count). The molecule has 104 valence electrons. The van der Waals surface area contributed by atoms with Crippen LogP contribution in [0, 0.1) is 18.7 Å². The number of aryl methyl sites for hydroxylation is 1. The second kappa shape index (κ2) is 6.72. The van der Waals surface area contributed by atoms with Gasteiger partial charge in [0, 0.05) is 12.2 Å². The van der Waals surface area contributed by atoms with Gasteiger partial charge in [-0.25, -0.2) is 9.18 Å². The van der Waals surface area contributed by atoms with Gasteiger partial charge in [-0.2, -0.15) is 0 Å². The second-order valence-electron chi connectivity index (χ2n) is 4.37. The van der Waals surface area contributed by atoms with Crippen molar-refractivity contribution >= 4 is 17.7 Å². The molecule has 6 heteroatoms. The summed E-state index contributed by atoms with van der Waals surface area (Å²) in [6.07, 6.45) is 0.338. The maximum Gasteiger partial charge on any atom is 0.319 e. The normalized spacial score (nSPS) is 11.7. The molecule has 0 saturated carbocycles. The van der Waals surface area contributed by atoms with Crippen molar-refractivity contribution in [1.82, 2.24) is 5.32 Å². The minimum absolute atomic E-state index is 0.244. The standard InChI is InChI=1S/C13H17FN2O3/c1-8-3-4-10(14)7-11(8)16-13(19)15-6-5-9(2)12(17)18/h3-4,7,9H,5-6H2,1-2H3,(H,17,18)(H2,15,16,19). The van der Waals surface area contributed by atoms with E-state index in [2.05, 4.69) is 10.6 Å². The Morgan fingerprint density at radius 1 is 1.42 bits per heavy atom. The Hall–Kier alpha value is -2.11. The van der Waals surface area contributed by atoms with E-state index in [1.165, 1.54) is 12.1 Å². The lowest BCUT2D eigenvalue weighted by molar-refractivity contribution is -0.141. The molecular formula is C13H17FN2O3. The molecule has 1 unspecified atom stereocenters. The molecule has 19 heavy (non-hydrogen) atoms. The fraction of sp³-hybridized carbons (Fsp3) is 0.385. The Kier molecular flexibility index (Phi) is 5.29. The monoisotopic (exact) mass is 268 g/mol. The molecule has 5 nitrogen and oxygen atoms in total. The van der Waals surface area contributed by atoms with Crippen LogP contribution < -0.4 is 10.6 Å². The topological polar surface area (TPSA) is 78.4 Å². The van der Waals surface area contributed by atoms with E-state index in [4.69, 9.17) is 5.11 Å². The number of rotatable bonds is 5. The van der Waals surface area contributed by atoms with E-state index in [1.54, 1.807) is 19.9 Å². The highest BCUT2D eigenvalue weighted by atomic mass is 19.1. The number of carbonyl (C=O) groups is 2. The summed E-state index contributed by atoms with van der Waals surface area (Å²) in [4.78, 5) is 22.1. The first-order valence-corrected chi connectivity index (χ1v) is 5.94. The molecule has 0 fully saturated rings. The average Bonchev–Trinajstić information content (AvgIpc) is 2.33. The predicted octanol–water partition coefficient (Wildman–Crippen LogP) is 2.37. The van der Waals surface area contributed by atoms with Gasteiger partial charge in [-0.1, -0.05) is 13.0 Å². The zero-order valence-corrected chi connectivity index (χ0v) is 10.9. The quantitative estimate of drug-likeness (QED) is 0.767. The number of benzene rings is 1. The number of halogens is 1. The Bertz CT molecular complexity index is 477. The maximum atomic E-state index is 13.0. The molecular weight excluding hydrogens is 251 g/mol. The van der Waals surface area contributed by atoms with Gasteiger partial charge < -0.3 is 15.7 Å². The summed E-state index contributed by atoms with van der Waals surface area (Å²) < 4.78 is 13.0. The number of amides is 2. The fourth-order valence-electron chi connectivity index (χ4n) is 1.42. The number of carboxylic acids is 1. The van der Waals surface area contributed by atoms with E-state index < -0.39 is 23.7 Å². The third kappa shape index (κ3) is 4.95. The van der Waals surface area contributed by atoms with Crippen LogP contribution in [0.4, 0.5) is 14.9 Å². The minimum atomic E-state index is -0.900. The Morgan fingerprint density at radius 3 is 2.74 bits per heavy atom. The van der Waals surface area contributed by atoms with E-state index in [-0.39, 0.29) is 6.54 Å². The van der Waals surface area contributed by atoms with E-state index in [9.17, 15) is 14.0 Å². The molecule has 0 saturated heterocycles. The number of carboxylic acid groups (broad SMARTS) is 1. The first-order valence-electron chi connectivity index (χ1n) is 5.94. The lowest BCUT2D eigenvalue weighted by Crippen LogP contribution is -2.31. The summed E-state index contributed by atoms with van der Waals surface area (Å²) in [5.74, 6) is -1.85. The number of anilines is 1. The van der Waals surface area contributed by atoms with Gasteiger partial charge in [0.25, 0.3) is 0 Å². The van der Waals surface area contributed by atoms with Gasteiger partial charge in [0.2, 0.25) is 0 Å². The van der Waals surface area contributed by atoms with Gasteiger partial charge in [-0.3, -0.25) is 4.79 Å². The van der Waals surface area contributed by atoms with Crippen molar-refractivity contribution in [2.75, 3.05) is 11.9 Å². The van der Waals surface area contributed by atoms with Gasteiger partial charge >= 0.3 is 12.0 Å². The molecule has 1 atom stereocenters. The predicted molar refractivity (Wildman–Crippen MR) is 69.6 cm³/mol. The molecule has 0 aliphatic carbocycles. The summed E-state index contributed by atoms with van der Waals surface area (Å²) in [5, 5.41) is 13.7. The molecule has 0 spiro atoms. The lowest BCUT2D eigenvalue weighted by atomic mass is 10.1. The van der Waals surface area contributed by atoms with Gasteiger partial charge in [-0.15, -0.1) is 0 Å². The molecule has 0 bridgehead atoms. The number of nitrogens with one attached hydrogen (secondary N) is 2. The minimum Gasteiger partial charge on any atom is -0.481 e. The fourth-order valence-corrected chi connectivity index (χ4v) is 1.42. The van der Waals surface area contributed by atoms with Gasteiger partial charge in [0.05, 0.1) is 5.92 Å². The van der Waals surface area contributed by atoms with Crippen molar-refractivity contribution < 1.29 is 19.1 Å². The third-order valence-electron chi connectivity index (χ3n) is 2.73. The van der Waals surface area contributed by atoms with Crippen molar-refractivity contribution in [2.45, 2.75) is 20.3 Å². The number of urea groups is 1. The summed E-state index contributed by atoms with van der Waals surface area (Å²) in [5.41, 5.74) is 1.14. The molecule has 1 aromatic rings. The Labute approximate surface area is 110 Å². The van der Waals surface area contributed by atoms with Gasteiger partial charge in [-0.05, 0) is 31.0 Å². The van der Waals surface area contributed by atoms with Crippen molar-refractivity contribution in [1.29, 1.82) is 0 Å². The van der Waals surface area contributed by atoms with Gasteiger partial charge in [0.1, 0.15) is 5.82 Å². The lowest BCUT2D eigenvalue weighted by Gasteiger charge is -2.11. The van der Waals surface area contributed by atoms with Crippen molar-refractivity contribution in [2.24, 2.45) is 5.92 Å². The Morgan fingerprint density at radius 2 is 2.11 bits per heavy atom. The summed E-state index contributed by atoms with van der Waals surface area (Å²) in [6.45, 7) is 3.56. The van der Waals surface area contributed by atoms with Crippen LogP contribution in [0.5, 0.6) is 0 Å². The largest absolute Gasteiger partial charge is 0.481 e. The smallest absolute Gasteiger partial charge is 0.319 e. The van der Waals surface area contributed by atoms with Gasteiger partial charge in [0.15, 0.2) is 0 Å². The zero-order chi connectivity index (χ0) is 14.4. The highest BCUT2D eigenvalue weighted by Crippen LogP contribution is 2.15. The van der Waals surface area contributed by atoms with E-state index in [1.807, 2.05) is 0 Å². The highest BCUT2D eigenvalue weighted by molar-refractivity contribution is 5.90. The molecule has 0 radical (unpaired) electrons. The number of aliphatic carboxylic acids is 1. The maximum absolute atomic E-state index is 13.0. The number of carbonyl (C=O) groups excluding carboxylic acids is 1. The van der Waals surface area contributed by atoms with E-state index >= 15 is 0 Å². The van der Waals surface area contributed by atoms with Crippen LogP contribution in [-0.4, -0.2) is 23.7 Å². The van der Waals surface area contributed by atoms with E-state index in [0.29, 0.717) is 12.1 Å². The second-order valence-corrected chi connectivity index (χ2v) is 4.37. The summed E-state index contributed by atoms with van der Waals surface area (Å²) >= 11 is 0. The van der Waals surface area contributed by atoms with Crippen LogP contribution in [-0.2, 0) is 4.79 Å². The molecule has 0 aliphatic rings. The summed E-state index contributed by atoms with van der Waals surface area (Å²) in [6, 6.07) is 3.63. The molecule has 2 amide bonds. The molecule has 3 N–H and O–H groups in total. The molecule has 0 heterocycles. The van der Waals surface area contributed by atoms with Crippen molar-refractivity contribution in [3.63, 3.8) is 0 Å². The zero-order valence-electron chi connectivity index (χ0n) is 10.9. The van der Waals surface area contributed by atoms with Crippen LogP contribution in [0.3, 0.4) is 0 Å². The van der Waals surface area contributed by atoms with Crippen molar-refractivity contribution in [3.8, 4) is 0 Å². The Balaban J connectivity index is 2.43. The molecule has 0 aromatic heterocycles. The van der Waals surface area contributed by atoms with Crippen molar-refractivity contribution in [3.05, 3.63) is 29.6 Å². The first kappa shape index (κ1) is 14.9. The van der Waals surface area contributed by atoms with Crippen LogP contribution in [0.2, 0.25) is 0 Å². The number of hydrogen-bond donors (Lipinski definition) is 3. The van der Waals surface area contributed by atoms with Crippen LogP contribution in [0.25, 0.3) is 0 Å². The van der Waals surface area contributed by atoms with Crippen LogP contribution in [0.15, 0.2) is 18.2 Å². The third-order valence-corrected chi connectivity index (χ3v) is 2.73. The van der Waals surface area contributed by atoms with E-state index in [0.717, 1.165) is 5.56 Å². The molecule has 0 aliphatic heterocycles. The highest BCUT2D eigenvalue weighted by Gasteiger charge is 2.11. The first-order chi connectivity index (χ1) is 8.90. The summed E-state index contributed by atoms with van der Waals surface area (Å²) in [7, 11) is 0. The van der Waals surface area contributed by atoms with Crippen LogP contribution >= 0.6 is 0 Å².